The van der Waals surface area contributed by atoms with Gasteiger partial charge in [0.1, 0.15) is 11.3 Å². The average Bonchev–Trinajstić information content (AvgIpc) is 3.08. The summed E-state index contributed by atoms with van der Waals surface area (Å²) in [5, 5.41) is 1.14. The molecule has 2 heterocycles. The molecule has 1 aromatic heterocycles. The van der Waals surface area contributed by atoms with Crippen molar-refractivity contribution in [3.8, 4) is 0 Å². The molecule has 0 amide bonds. The molecule has 2 aromatic rings. The summed E-state index contributed by atoms with van der Waals surface area (Å²) in [6.07, 6.45) is 2.53. The molecule has 4 heteroatoms. The van der Waals surface area contributed by atoms with E-state index in [1.807, 2.05) is 0 Å². The van der Waals surface area contributed by atoms with Crippen molar-refractivity contribution in [3.63, 3.8) is 0 Å². The van der Waals surface area contributed by atoms with E-state index in [1.54, 1.807) is 0 Å². The van der Waals surface area contributed by atoms with Crippen molar-refractivity contribution >= 4 is 11.0 Å². The Kier molecular flexibility index (Phi) is 3.78. The van der Waals surface area contributed by atoms with Crippen LogP contribution in [-0.4, -0.2) is 23.5 Å². The van der Waals surface area contributed by atoms with E-state index < -0.39 is 0 Å². The Morgan fingerprint density at radius 3 is 2.62 bits per heavy atom. The second-order valence-electron chi connectivity index (χ2n) is 6.59. The molecule has 1 fully saturated rings. The Hall–Kier alpha value is -1.36. The van der Waals surface area contributed by atoms with Crippen molar-refractivity contribution < 1.29 is 4.42 Å². The highest BCUT2D eigenvalue weighted by Gasteiger charge is 2.39. The fourth-order valence-electron chi connectivity index (χ4n) is 3.48. The maximum atomic E-state index is 6.13. The molecule has 1 unspecified atom stereocenters. The van der Waals surface area contributed by atoms with Crippen LogP contribution in [0, 0.1) is 6.92 Å². The van der Waals surface area contributed by atoms with E-state index >= 15 is 0 Å². The van der Waals surface area contributed by atoms with Crippen LogP contribution in [0.25, 0.3) is 11.0 Å². The summed E-state index contributed by atoms with van der Waals surface area (Å²) >= 11 is 0. The van der Waals surface area contributed by atoms with Gasteiger partial charge in [0.05, 0.1) is 6.04 Å². The molecule has 0 saturated carbocycles. The maximum absolute atomic E-state index is 6.13. The molecule has 0 spiro atoms. The summed E-state index contributed by atoms with van der Waals surface area (Å²) in [5.41, 5.74) is 5.03. The number of fused-ring (bicyclic) bond motifs is 1. The van der Waals surface area contributed by atoms with Crippen LogP contribution in [0.5, 0.6) is 0 Å². The van der Waals surface area contributed by atoms with Gasteiger partial charge in [-0.25, -0.2) is 5.43 Å². The predicted molar refractivity (Wildman–Crippen MR) is 85.9 cm³/mol. The van der Waals surface area contributed by atoms with Crippen molar-refractivity contribution in [2.24, 2.45) is 5.84 Å². The standard InChI is InChI=1S/C17H25N3O/c1-12-7-6-8-13-11-14(21-15(12)13)16(19-18)17(2,3)20-9-4-5-10-20/h6-8,11,16,19H,4-5,9-10,18H2,1-3H3. The minimum atomic E-state index is -0.0764. The number of para-hydroxylation sites is 1. The summed E-state index contributed by atoms with van der Waals surface area (Å²) in [5.74, 6) is 6.80. The fraction of sp³-hybridized carbons (Fsp3) is 0.529. The summed E-state index contributed by atoms with van der Waals surface area (Å²) in [7, 11) is 0. The van der Waals surface area contributed by atoms with E-state index in [4.69, 9.17) is 10.3 Å². The van der Waals surface area contributed by atoms with E-state index in [0.29, 0.717) is 0 Å². The van der Waals surface area contributed by atoms with E-state index in [9.17, 15) is 0 Å². The topological polar surface area (TPSA) is 54.4 Å². The molecule has 0 radical (unpaired) electrons. The Morgan fingerprint density at radius 1 is 1.29 bits per heavy atom. The number of rotatable bonds is 4. The van der Waals surface area contributed by atoms with Crippen molar-refractivity contribution in [1.29, 1.82) is 0 Å². The van der Waals surface area contributed by atoms with Gasteiger partial charge in [0.25, 0.3) is 0 Å². The third-order valence-electron chi connectivity index (χ3n) is 4.84. The van der Waals surface area contributed by atoms with Crippen molar-refractivity contribution in [2.45, 2.75) is 45.2 Å². The third-order valence-corrected chi connectivity index (χ3v) is 4.84. The molecule has 1 aliphatic heterocycles. The monoisotopic (exact) mass is 287 g/mol. The van der Waals surface area contributed by atoms with Crippen LogP contribution in [0.15, 0.2) is 28.7 Å². The van der Waals surface area contributed by atoms with E-state index in [-0.39, 0.29) is 11.6 Å². The van der Waals surface area contributed by atoms with E-state index in [0.717, 1.165) is 35.4 Å². The number of nitrogens with one attached hydrogen (secondary N) is 1. The molecule has 1 aliphatic rings. The molecule has 4 nitrogen and oxygen atoms in total. The number of nitrogens with zero attached hydrogens (tertiary/aromatic N) is 1. The average molecular weight is 287 g/mol. The summed E-state index contributed by atoms with van der Waals surface area (Å²) in [4.78, 5) is 2.50. The number of benzene rings is 1. The van der Waals surface area contributed by atoms with Gasteiger partial charge in [0.2, 0.25) is 0 Å². The molecule has 0 aliphatic carbocycles. The molecule has 0 bridgehead atoms. The minimum absolute atomic E-state index is 0.0256. The number of furan rings is 1. The van der Waals surface area contributed by atoms with Crippen LogP contribution in [0.1, 0.15) is 44.1 Å². The molecular formula is C17H25N3O. The van der Waals surface area contributed by atoms with Crippen LogP contribution in [0.2, 0.25) is 0 Å². The van der Waals surface area contributed by atoms with Gasteiger partial charge in [-0.1, -0.05) is 18.2 Å². The van der Waals surface area contributed by atoms with Crippen molar-refractivity contribution in [1.82, 2.24) is 10.3 Å². The van der Waals surface area contributed by atoms with Crippen LogP contribution in [0.3, 0.4) is 0 Å². The zero-order chi connectivity index (χ0) is 15.0. The SMILES string of the molecule is Cc1cccc2cc(C(NN)C(C)(C)N3CCCC3)oc12. The number of hydrogen-bond acceptors (Lipinski definition) is 4. The molecule has 1 saturated heterocycles. The summed E-state index contributed by atoms with van der Waals surface area (Å²) in [6.45, 7) is 8.81. The van der Waals surface area contributed by atoms with Gasteiger partial charge < -0.3 is 4.42 Å². The van der Waals surface area contributed by atoms with E-state index in [1.165, 1.54) is 12.8 Å². The minimum Gasteiger partial charge on any atom is -0.459 e. The van der Waals surface area contributed by atoms with Crippen LogP contribution in [-0.2, 0) is 0 Å². The van der Waals surface area contributed by atoms with Crippen LogP contribution in [0.4, 0.5) is 0 Å². The lowest BCUT2D eigenvalue weighted by molar-refractivity contribution is 0.0971. The summed E-state index contributed by atoms with van der Waals surface area (Å²) < 4.78 is 6.13. The predicted octanol–water partition coefficient (Wildman–Crippen LogP) is 3.12. The molecule has 1 aromatic carbocycles. The molecule has 3 N–H and O–H groups in total. The second kappa shape index (κ2) is 5.44. The first kappa shape index (κ1) is 14.6. The van der Waals surface area contributed by atoms with Gasteiger partial charge in [-0.15, -0.1) is 0 Å². The zero-order valence-corrected chi connectivity index (χ0v) is 13.1. The Labute approximate surface area is 126 Å². The van der Waals surface area contributed by atoms with Crippen LogP contribution >= 0.6 is 0 Å². The number of aryl methyl sites for hydroxylation is 1. The Bertz CT molecular complexity index is 626. The normalized spacial score (nSPS) is 18.5. The molecule has 3 rings (SSSR count). The van der Waals surface area contributed by atoms with Gasteiger partial charge >= 0.3 is 0 Å². The fourth-order valence-corrected chi connectivity index (χ4v) is 3.48. The number of nitrogens with two attached hydrogens (primary N) is 1. The quantitative estimate of drug-likeness (QED) is 0.670. The van der Waals surface area contributed by atoms with Gasteiger partial charge in [0.15, 0.2) is 0 Å². The van der Waals surface area contributed by atoms with Gasteiger partial charge in [-0.2, -0.15) is 0 Å². The van der Waals surface area contributed by atoms with Crippen LogP contribution < -0.4 is 11.3 Å². The number of hydrazine groups is 1. The van der Waals surface area contributed by atoms with Crippen molar-refractivity contribution in [2.75, 3.05) is 13.1 Å². The molecule has 114 valence electrons. The molecule has 1 atom stereocenters. The first-order valence-electron chi connectivity index (χ1n) is 7.74. The maximum Gasteiger partial charge on any atom is 0.137 e. The third kappa shape index (κ3) is 2.48. The lowest BCUT2D eigenvalue weighted by atomic mass is 9.91. The van der Waals surface area contributed by atoms with E-state index in [2.05, 4.69) is 55.4 Å². The second-order valence-corrected chi connectivity index (χ2v) is 6.59. The van der Waals surface area contributed by atoms with Gasteiger partial charge in [0, 0.05) is 10.9 Å². The molecule has 21 heavy (non-hydrogen) atoms. The highest BCUT2D eigenvalue weighted by atomic mass is 16.3. The zero-order valence-electron chi connectivity index (χ0n) is 13.1. The highest BCUT2D eigenvalue weighted by molar-refractivity contribution is 5.81. The summed E-state index contributed by atoms with van der Waals surface area (Å²) in [6, 6.07) is 8.32. The Balaban J connectivity index is 1.99. The smallest absolute Gasteiger partial charge is 0.137 e. The lowest BCUT2D eigenvalue weighted by Gasteiger charge is -2.40. The van der Waals surface area contributed by atoms with Gasteiger partial charge in [-0.3, -0.25) is 10.7 Å². The lowest BCUT2D eigenvalue weighted by Crippen LogP contribution is -2.53. The highest BCUT2D eigenvalue weighted by Crippen LogP contribution is 2.36. The first-order chi connectivity index (χ1) is 10.0. The molecular weight excluding hydrogens is 262 g/mol. The Morgan fingerprint density at radius 2 is 2.00 bits per heavy atom. The van der Waals surface area contributed by atoms with Crippen molar-refractivity contribution in [3.05, 3.63) is 35.6 Å². The number of likely N-dealkylation sites (tertiary alicyclic amines) is 1. The largest absolute Gasteiger partial charge is 0.459 e. The van der Waals surface area contributed by atoms with Gasteiger partial charge in [-0.05, 0) is 58.3 Å². The first-order valence-corrected chi connectivity index (χ1v) is 7.74. The number of hydrogen-bond donors (Lipinski definition) is 2.